The van der Waals surface area contributed by atoms with E-state index in [1.807, 2.05) is 44.2 Å². The Bertz CT molecular complexity index is 516. The molecule has 0 unspecified atom stereocenters. The Labute approximate surface area is 204 Å². The van der Waals surface area contributed by atoms with E-state index in [1.165, 1.54) is 0 Å². The summed E-state index contributed by atoms with van der Waals surface area (Å²) in [7, 11) is 0. The van der Waals surface area contributed by atoms with Gasteiger partial charge in [0.1, 0.15) is 12.4 Å². The molecule has 0 spiro atoms. The highest BCUT2D eigenvalue weighted by atomic mass is 16.6. The predicted octanol–water partition coefficient (Wildman–Crippen LogP) is 2.61. The lowest BCUT2D eigenvalue weighted by molar-refractivity contribution is -0.0259. The molecule has 0 saturated carbocycles. The topological polar surface area (TPSA) is 83.1 Å². The van der Waals surface area contributed by atoms with Crippen molar-refractivity contribution in [2.45, 2.75) is 20.0 Å². The molecule has 9 nitrogen and oxygen atoms in total. The van der Waals surface area contributed by atoms with Gasteiger partial charge in [0.25, 0.3) is 0 Å². The van der Waals surface area contributed by atoms with E-state index in [0.717, 1.165) is 5.75 Å². The van der Waals surface area contributed by atoms with Crippen LogP contribution >= 0.6 is 0 Å². The molecule has 1 aromatic carbocycles. The Morgan fingerprint density at radius 1 is 0.441 bits per heavy atom. The molecule has 0 aliphatic carbocycles. The minimum Gasteiger partial charge on any atom is -0.491 e. The maximum atomic E-state index is 5.54. The minimum atomic E-state index is 0.238. The molecule has 0 atom stereocenters. The molecule has 0 fully saturated rings. The third-order valence-electron chi connectivity index (χ3n) is 4.15. The molecular weight excluding hydrogens is 444 g/mol. The fourth-order valence-corrected chi connectivity index (χ4v) is 2.50. The van der Waals surface area contributed by atoms with Crippen LogP contribution in [0, 0.1) is 0 Å². The van der Waals surface area contributed by atoms with Gasteiger partial charge in [0.05, 0.1) is 105 Å². The van der Waals surface area contributed by atoms with Gasteiger partial charge in [-0.25, -0.2) is 0 Å². The third-order valence-corrected chi connectivity index (χ3v) is 4.15. The minimum absolute atomic E-state index is 0.238. The molecule has 1 aromatic rings. The number of hydrogen-bond acceptors (Lipinski definition) is 9. The molecule has 0 aliphatic rings. The molecule has 0 saturated heterocycles. The summed E-state index contributed by atoms with van der Waals surface area (Å²) in [6.45, 7) is 12.7. The largest absolute Gasteiger partial charge is 0.491 e. The average Bonchev–Trinajstić information content (AvgIpc) is 2.84. The Hall–Kier alpha value is -1.30. The highest BCUT2D eigenvalue weighted by Crippen LogP contribution is 2.07. The first-order valence-corrected chi connectivity index (χ1v) is 12.1. The van der Waals surface area contributed by atoms with Crippen molar-refractivity contribution in [3.05, 3.63) is 30.3 Å². The van der Waals surface area contributed by atoms with Gasteiger partial charge in [-0.2, -0.15) is 0 Å². The maximum Gasteiger partial charge on any atom is 0.119 e. The van der Waals surface area contributed by atoms with E-state index >= 15 is 0 Å². The van der Waals surface area contributed by atoms with Crippen molar-refractivity contribution in [3.63, 3.8) is 0 Å². The smallest absolute Gasteiger partial charge is 0.119 e. The molecule has 0 amide bonds. The summed E-state index contributed by atoms with van der Waals surface area (Å²) < 4.78 is 49.0. The first-order valence-electron chi connectivity index (χ1n) is 12.1. The fraction of sp³-hybridized carbons (Fsp3) is 0.760. The lowest BCUT2D eigenvalue weighted by Gasteiger charge is -2.09. The number of benzene rings is 1. The van der Waals surface area contributed by atoms with Crippen LogP contribution in [0.5, 0.6) is 5.75 Å². The van der Waals surface area contributed by atoms with Gasteiger partial charge in [0.2, 0.25) is 0 Å². The summed E-state index contributed by atoms with van der Waals surface area (Å²) in [5.41, 5.74) is 0. The fourth-order valence-electron chi connectivity index (χ4n) is 2.50. The van der Waals surface area contributed by atoms with E-state index in [1.54, 1.807) is 0 Å². The van der Waals surface area contributed by atoms with Crippen molar-refractivity contribution >= 4 is 0 Å². The lowest BCUT2D eigenvalue weighted by atomic mass is 10.3. The van der Waals surface area contributed by atoms with Crippen molar-refractivity contribution in [2.75, 3.05) is 106 Å². The summed E-state index contributed by atoms with van der Waals surface area (Å²) >= 11 is 0. The molecule has 0 N–H and O–H groups in total. The van der Waals surface area contributed by atoms with Gasteiger partial charge in [0, 0.05) is 0 Å². The highest BCUT2D eigenvalue weighted by molar-refractivity contribution is 5.20. The van der Waals surface area contributed by atoms with Crippen molar-refractivity contribution < 1.29 is 42.6 Å². The van der Waals surface area contributed by atoms with E-state index in [2.05, 4.69) is 0 Å². The van der Waals surface area contributed by atoms with E-state index in [9.17, 15) is 0 Å². The first-order chi connectivity index (χ1) is 16.8. The van der Waals surface area contributed by atoms with Crippen molar-refractivity contribution in [1.82, 2.24) is 0 Å². The summed E-state index contributed by atoms with van der Waals surface area (Å²) in [5, 5.41) is 0. The zero-order valence-corrected chi connectivity index (χ0v) is 21.0. The Kier molecular flexibility index (Phi) is 22.4. The Morgan fingerprint density at radius 2 is 0.765 bits per heavy atom. The van der Waals surface area contributed by atoms with E-state index in [4.69, 9.17) is 42.6 Å². The molecule has 0 aliphatic heterocycles. The average molecular weight is 489 g/mol. The van der Waals surface area contributed by atoms with E-state index in [-0.39, 0.29) is 6.10 Å². The Balaban J connectivity index is 1.64. The van der Waals surface area contributed by atoms with Crippen LogP contribution in [0.15, 0.2) is 30.3 Å². The molecule has 9 heteroatoms. The summed E-state index contributed by atoms with van der Waals surface area (Å²) in [5.74, 6) is 0.849. The van der Waals surface area contributed by atoms with Gasteiger partial charge in [0.15, 0.2) is 0 Å². The predicted molar refractivity (Wildman–Crippen MR) is 129 cm³/mol. The van der Waals surface area contributed by atoms with Crippen LogP contribution in [0.25, 0.3) is 0 Å². The van der Waals surface area contributed by atoms with E-state index in [0.29, 0.717) is 106 Å². The monoisotopic (exact) mass is 488 g/mol. The van der Waals surface area contributed by atoms with Gasteiger partial charge in [-0.3, -0.25) is 0 Å². The van der Waals surface area contributed by atoms with Crippen molar-refractivity contribution in [3.8, 4) is 5.75 Å². The number of rotatable bonds is 26. The first kappa shape index (κ1) is 30.7. The van der Waals surface area contributed by atoms with Crippen LogP contribution in [0.4, 0.5) is 0 Å². The van der Waals surface area contributed by atoms with Gasteiger partial charge < -0.3 is 42.6 Å². The highest BCUT2D eigenvalue weighted by Gasteiger charge is 1.96. The molecule has 0 aromatic heterocycles. The van der Waals surface area contributed by atoms with Gasteiger partial charge in [-0.1, -0.05) is 18.2 Å². The maximum absolute atomic E-state index is 5.54. The summed E-state index contributed by atoms with van der Waals surface area (Å²) in [6.07, 6.45) is 0.238. The van der Waals surface area contributed by atoms with Crippen LogP contribution in [0.2, 0.25) is 0 Å². The molecule has 0 radical (unpaired) electrons. The van der Waals surface area contributed by atoms with Crippen LogP contribution < -0.4 is 4.74 Å². The molecule has 34 heavy (non-hydrogen) atoms. The van der Waals surface area contributed by atoms with Crippen LogP contribution in [0.1, 0.15) is 13.8 Å². The molecule has 0 bridgehead atoms. The quantitative estimate of drug-likeness (QED) is 0.183. The van der Waals surface area contributed by atoms with Gasteiger partial charge in [-0.15, -0.1) is 0 Å². The normalized spacial score (nSPS) is 11.4. The standard InChI is InChI=1S/C25H44O9/c1-24(2)33-22-20-31-18-16-29-14-12-27-10-8-26-9-11-28-13-15-30-17-19-32-21-23-34-25-6-4-3-5-7-25/h3-7,24H,8-23H2,1-2H3. The number of hydrogen-bond donors (Lipinski definition) is 0. The SMILES string of the molecule is CC(C)OCCOCCOCCOCCOCCOCCOCCOCCOc1ccccc1. The summed E-state index contributed by atoms with van der Waals surface area (Å²) in [6, 6.07) is 9.68. The Morgan fingerprint density at radius 3 is 1.12 bits per heavy atom. The van der Waals surface area contributed by atoms with Crippen LogP contribution in [0.3, 0.4) is 0 Å². The van der Waals surface area contributed by atoms with E-state index < -0.39 is 0 Å². The van der Waals surface area contributed by atoms with Crippen LogP contribution in [-0.2, 0) is 37.9 Å². The van der Waals surface area contributed by atoms with Gasteiger partial charge in [-0.05, 0) is 26.0 Å². The van der Waals surface area contributed by atoms with Crippen molar-refractivity contribution in [1.29, 1.82) is 0 Å². The zero-order chi connectivity index (χ0) is 24.4. The second kappa shape index (κ2) is 24.8. The lowest BCUT2D eigenvalue weighted by Crippen LogP contribution is -2.15. The second-order valence-electron chi connectivity index (χ2n) is 7.37. The van der Waals surface area contributed by atoms with Gasteiger partial charge >= 0.3 is 0 Å². The molecule has 0 heterocycles. The molecule has 1 rings (SSSR count). The molecular formula is C25H44O9. The number of para-hydroxylation sites is 1. The number of ether oxygens (including phenoxy) is 9. The van der Waals surface area contributed by atoms with Crippen LogP contribution in [-0.4, -0.2) is 112 Å². The summed E-state index contributed by atoms with van der Waals surface area (Å²) in [4.78, 5) is 0. The van der Waals surface area contributed by atoms with Crippen molar-refractivity contribution in [2.24, 2.45) is 0 Å². The molecule has 198 valence electrons. The third kappa shape index (κ3) is 22.5. The zero-order valence-electron chi connectivity index (χ0n) is 21.0. The second-order valence-corrected chi connectivity index (χ2v) is 7.37.